The molecule has 0 atom stereocenters. The molecule has 0 spiro atoms. The number of urea groups is 1. The summed E-state index contributed by atoms with van der Waals surface area (Å²) in [6.07, 6.45) is 3.48. The van der Waals surface area contributed by atoms with Crippen molar-refractivity contribution >= 4 is 23.4 Å². The molecule has 0 unspecified atom stereocenters. The normalized spacial score (nSPS) is 17.1. The number of carbonyl (C=O) groups is 2. The van der Waals surface area contributed by atoms with Gasteiger partial charge in [0.05, 0.1) is 0 Å². The molecule has 194 valence electrons. The van der Waals surface area contributed by atoms with E-state index in [4.69, 9.17) is 4.98 Å². The summed E-state index contributed by atoms with van der Waals surface area (Å²) in [5.74, 6) is 1.57. The number of carbonyl (C=O) groups excluding carboxylic acids is 2. The van der Waals surface area contributed by atoms with E-state index < -0.39 is 0 Å². The average Bonchev–Trinajstić information content (AvgIpc) is 3.57. The molecule has 3 amide bonds. The lowest BCUT2D eigenvalue weighted by atomic mass is 9.95. The maximum atomic E-state index is 13.3. The molecular formula is C27H34N8O2. The van der Waals surface area contributed by atoms with E-state index in [0.29, 0.717) is 30.4 Å². The van der Waals surface area contributed by atoms with E-state index in [0.717, 1.165) is 38.2 Å². The van der Waals surface area contributed by atoms with E-state index in [9.17, 15) is 9.59 Å². The second-order valence-corrected chi connectivity index (χ2v) is 9.95. The third kappa shape index (κ3) is 5.20. The number of nitrogens with one attached hydrogen (secondary N) is 1. The van der Waals surface area contributed by atoms with Crippen molar-refractivity contribution in [3.63, 3.8) is 0 Å². The molecule has 1 aromatic carbocycles. The molecule has 0 radical (unpaired) electrons. The quantitative estimate of drug-likeness (QED) is 0.532. The van der Waals surface area contributed by atoms with Crippen LogP contribution < -0.4 is 15.1 Å². The molecule has 10 nitrogen and oxygen atoms in total. The fourth-order valence-corrected chi connectivity index (χ4v) is 5.09. The smallest absolute Gasteiger partial charge is 0.330 e. The second kappa shape index (κ2) is 10.7. The Morgan fingerprint density at radius 1 is 1.03 bits per heavy atom. The molecule has 37 heavy (non-hydrogen) atoms. The lowest BCUT2D eigenvalue weighted by Gasteiger charge is -2.31. The second-order valence-electron chi connectivity index (χ2n) is 9.95. The molecule has 2 aliphatic heterocycles. The molecule has 5 rings (SSSR count). The van der Waals surface area contributed by atoms with Gasteiger partial charge in [0.15, 0.2) is 5.82 Å². The highest BCUT2D eigenvalue weighted by Gasteiger charge is 2.32. The maximum Gasteiger partial charge on any atom is 0.330 e. The molecular weight excluding hydrogens is 468 g/mol. The molecule has 2 aromatic heterocycles. The Balaban J connectivity index is 1.23. The number of aromatic nitrogens is 4. The summed E-state index contributed by atoms with van der Waals surface area (Å²) < 4.78 is 1.97. The number of piperidine rings is 1. The first-order chi connectivity index (χ1) is 17.9. The highest BCUT2D eigenvalue weighted by Crippen LogP contribution is 2.27. The fraction of sp³-hybridized carbons (Fsp3) is 0.444. The third-order valence-corrected chi connectivity index (χ3v) is 7.24. The number of pyridine rings is 1. The Kier molecular flexibility index (Phi) is 7.18. The fourth-order valence-electron chi connectivity index (χ4n) is 5.09. The first-order valence-electron chi connectivity index (χ1n) is 12.9. The van der Waals surface area contributed by atoms with Gasteiger partial charge in [-0.25, -0.2) is 9.78 Å². The van der Waals surface area contributed by atoms with Gasteiger partial charge in [0.2, 0.25) is 5.91 Å². The zero-order valence-corrected chi connectivity index (χ0v) is 21.7. The Labute approximate surface area is 217 Å². The van der Waals surface area contributed by atoms with Gasteiger partial charge in [0.1, 0.15) is 17.8 Å². The van der Waals surface area contributed by atoms with Crippen LogP contribution in [-0.4, -0.2) is 69.8 Å². The first kappa shape index (κ1) is 24.9. The van der Waals surface area contributed by atoms with E-state index in [-0.39, 0.29) is 23.9 Å². The van der Waals surface area contributed by atoms with Gasteiger partial charge in [0, 0.05) is 44.3 Å². The third-order valence-electron chi connectivity index (χ3n) is 7.24. The van der Waals surface area contributed by atoms with E-state index in [1.807, 2.05) is 34.9 Å². The van der Waals surface area contributed by atoms with Crippen LogP contribution in [0.3, 0.4) is 0 Å². The number of nitrogens with zero attached hydrogens (tertiary/aromatic N) is 7. The lowest BCUT2D eigenvalue weighted by molar-refractivity contribution is -0.125. The monoisotopic (exact) mass is 502 g/mol. The molecule has 3 aromatic rings. The standard InChI is InChI=1S/C27H34N8O2/c1-19(2)35-18-29-31-25(35)23-5-4-6-24(30-23)34-16-15-33(27(34)37)22-9-7-20(8-10-22)17-32-13-11-21(12-14-32)26(36)28-3/h4-10,18-19,21H,11-17H2,1-3H3,(H,28,36). The van der Waals surface area contributed by atoms with Crippen molar-refractivity contribution in [2.45, 2.75) is 39.3 Å². The van der Waals surface area contributed by atoms with Crippen molar-refractivity contribution in [3.05, 3.63) is 54.4 Å². The predicted molar refractivity (Wildman–Crippen MR) is 142 cm³/mol. The molecule has 4 heterocycles. The summed E-state index contributed by atoms with van der Waals surface area (Å²) in [4.78, 5) is 35.8. The Morgan fingerprint density at radius 3 is 2.46 bits per heavy atom. The summed E-state index contributed by atoms with van der Waals surface area (Å²) in [6.45, 7) is 7.97. The van der Waals surface area contributed by atoms with Crippen LogP contribution in [0.4, 0.5) is 16.3 Å². The number of hydrogen-bond donors (Lipinski definition) is 1. The van der Waals surface area contributed by atoms with Crippen LogP contribution in [0.5, 0.6) is 0 Å². The minimum atomic E-state index is -0.0843. The van der Waals surface area contributed by atoms with Gasteiger partial charge in [-0.15, -0.1) is 10.2 Å². The van der Waals surface area contributed by atoms with Crippen molar-refractivity contribution in [3.8, 4) is 11.5 Å². The molecule has 2 aliphatic rings. The topological polar surface area (TPSA) is 99.5 Å². The minimum Gasteiger partial charge on any atom is -0.359 e. The van der Waals surface area contributed by atoms with Crippen LogP contribution in [0.2, 0.25) is 0 Å². The van der Waals surface area contributed by atoms with Crippen LogP contribution >= 0.6 is 0 Å². The van der Waals surface area contributed by atoms with E-state index >= 15 is 0 Å². The van der Waals surface area contributed by atoms with E-state index in [2.05, 4.69) is 46.4 Å². The Morgan fingerprint density at radius 2 is 1.76 bits per heavy atom. The SMILES string of the molecule is CNC(=O)C1CCN(Cc2ccc(N3CCN(c4cccc(-c5nncn5C(C)C)n4)C3=O)cc2)CC1. The number of rotatable bonds is 7. The van der Waals surface area contributed by atoms with E-state index in [1.54, 1.807) is 23.2 Å². The zero-order chi connectivity index (χ0) is 25.9. The van der Waals surface area contributed by atoms with Gasteiger partial charge >= 0.3 is 6.03 Å². The van der Waals surface area contributed by atoms with Gasteiger partial charge in [-0.1, -0.05) is 18.2 Å². The predicted octanol–water partition coefficient (Wildman–Crippen LogP) is 3.33. The highest BCUT2D eigenvalue weighted by atomic mass is 16.2. The molecule has 0 saturated carbocycles. The molecule has 0 bridgehead atoms. The number of hydrogen-bond acceptors (Lipinski definition) is 6. The van der Waals surface area contributed by atoms with Crippen LogP contribution in [0.15, 0.2) is 48.8 Å². The Bertz CT molecular complexity index is 1250. The summed E-state index contributed by atoms with van der Waals surface area (Å²) >= 11 is 0. The average molecular weight is 503 g/mol. The number of amides is 3. The van der Waals surface area contributed by atoms with Crippen molar-refractivity contribution in [1.82, 2.24) is 30.0 Å². The van der Waals surface area contributed by atoms with Crippen molar-refractivity contribution in [2.24, 2.45) is 5.92 Å². The van der Waals surface area contributed by atoms with Gasteiger partial charge < -0.3 is 9.88 Å². The maximum absolute atomic E-state index is 13.3. The van der Waals surface area contributed by atoms with Gasteiger partial charge in [0.25, 0.3) is 0 Å². The zero-order valence-electron chi connectivity index (χ0n) is 21.7. The highest BCUT2D eigenvalue weighted by molar-refractivity contribution is 6.05. The van der Waals surface area contributed by atoms with Crippen molar-refractivity contribution in [2.75, 3.05) is 43.0 Å². The number of anilines is 2. The van der Waals surface area contributed by atoms with Crippen molar-refractivity contribution in [1.29, 1.82) is 0 Å². The Hall–Kier alpha value is -3.79. The minimum absolute atomic E-state index is 0.0843. The summed E-state index contributed by atoms with van der Waals surface area (Å²) in [5.41, 5.74) is 2.78. The summed E-state index contributed by atoms with van der Waals surface area (Å²) in [7, 11) is 1.70. The molecule has 2 saturated heterocycles. The van der Waals surface area contributed by atoms with Crippen LogP contribution in [0.1, 0.15) is 38.3 Å². The molecule has 0 aliphatic carbocycles. The largest absolute Gasteiger partial charge is 0.359 e. The number of likely N-dealkylation sites (tertiary alicyclic amines) is 1. The molecule has 10 heteroatoms. The lowest BCUT2D eigenvalue weighted by Crippen LogP contribution is -2.39. The first-order valence-corrected chi connectivity index (χ1v) is 12.9. The van der Waals surface area contributed by atoms with E-state index in [1.165, 1.54) is 5.56 Å². The molecule has 1 N–H and O–H groups in total. The van der Waals surface area contributed by atoms with Crippen molar-refractivity contribution < 1.29 is 9.59 Å². The van der Waals surface area contributed by atoms with Crippen LogP contribution in [-0.2, 0) is 11.3 Å². The van der Waals surface area contributed by atoms with Gasteiger partial charge in [-0.3, -0.25) is 19.5 Å². The van der Waals surface area contributed by atoms with Gasteiger partial charge in [-0.2, -0.15) is 0 Å². The van der Waals surface area contributed by atoms with Gasteiger partial charge in [-0.05, 0) is 69.6 Å². The number of benzene rings is 1. The molecule has 2 fully saturated rings. The summed E-state index contributed by atoms with van der Waals surface area (Å²) in [6, 6.07) is 14.0. The summed E-state index contributed by atoms with van der Waals surface area (Å²) in [5, 5.41) is 11.0. The van der Waals surface area contributed by atoms with Crippen LogP contribution in [0, 0.1) is 5.92 Å². The van der Waals surface area contributed by atoms with Crippen LogP contribution in [0.25, 0.3) is 11.5 Å².